The van der Waals surface area contributed by atoms with Gasteiger partial charge >= 0.3 is 0 Å². The van der Waals surface area contributed by atoms with Crippen LogP contribution in [-0.4, -0.2) is 0 Å². The van der Waals surface area contributed by atoms with Gasteiger partial charge in [0.1, 0.15) is 0 Å². The van der Waals surface area contributed by atoms with Gasteiger partial charge in [0.05, 0.1) is 0 Å². The molecule has 0 radical (unpaired) electrons. The van der Waals surface area contributed by atoms with Crippen molar-refractivity contribution in [2.24, 2.45) is 5.92 Å². The van der Waals surface area contributed by atoms with E-state index in [1.165, 1.54) is 17.5 Å². The fraction of sp³-hybridized carbons (Fsp3) is 0.538. The van der Waals surface area contributed by atoms with E-state index in [4.69, 9.17) is 0 Å². The minimum atomic E-state index is 0.723. The first-order valence-electron chi connectivity index (χ1n) is 5.21. The molecular formula is C13H20. The van der Waals surface area contributed by atoms with Gasteiger partial charge < -0.3 is 0 Å². The summed E-state index contributed by atoms with van der Waals surface area (Å²) >= 11 is 0. The van der Waals surface area contributed by atoms with E-state index in [1.54, 1.807) is 0 Å². The Morgan fingerprint density at radius 3 is 2.00 bits per heavy atom. The van der Waals surface area contributed by atoms with Crippen molar-refractivity contribution in [3.05, 3.63) is 35.4 Å². The third kappa shape index (κ3) is 2.58. The molecule has 0 amide bonds. The molecule has 72 valence electrons. The lowest BCUT2D eigenvalue weighted by molar-refractivity contribution is 0.485. The normalized spacial score (nSPS) is 13.3. The van der Waals surface area contributed by atoms with E-state index in [0.717, 1.165) is 11.8 Å². The summed E-state index contributed by atoms with van der Waals surface area (Å²) in [4.78, 5) is 0. The second-order valence-electron chi connectivity index (χ2n) is 4.17. The highest BCUT2D eigenvalue weighted by molar-refractivity contribution is 5.24. The van der Waals surface area contributed by atoms with Crippen LogP contribution in [0.2, 0.25) is 0 Å². The summed E-state index contributed by atoms with van der Waals surface area (Å²) in [5.74, 6) is 1.47. The largest absolute Gasteiger partial charge is 0.0648 e. The van der Waals surface area contributed by atoms with Crippen molar-refractivity contribution >= 4 is 0 Å². The minimum Gasteiger partial charge on any atom is -0.0648 e. The van der Waals surface area contributed by atoms with Crippen LogP contribution in [-0.2, 0) is 0 Å². The van der Waals surface area contributed by atoms with Gasteiger partial charge in [-0.25, -0.2) is 0 Å². The lowest BCUT2D eigenvalue weighted by Gasteiger charge is -2.19. The number of hydrogen-bond donors (Lipinski definition) is 0. The van der Waals surface area contributed by atoms with Gasteiger partial charge in [0.15, 0.2) is 0 Å². The Bertz CT molecular complexity index is 243. The van der Waals surface area contributed by atoms with Crippen LogP contribution in [0.4, 0.5) is 0 Å². The number of rotatable bonds is 3. The fourth-order valence-electron chi connectivity index (χ4n) is 1.91. The summed E-state index contributed by atoms with van der Waals surface area (Å²) in [6.07, 6.45) is 1.24. The Kier molecular flexibility index (Phi) is 3.53. The first kappa shape index (κ1) is 10.3. The molecule has 13 heavy (non-hydrogen) atoms. The standard InChI is InChI=1S/C13H20/c1-5-13(10(2)3)12-8-6-11(4)7-9-12/h6-10,13H,5H2,1-4H3/t13-/m1/s1. The molecule has 0 aliphatic carbocycles. The molecule has 0 heteroatoms. The minimum absolute atomic E-state index is 0.723. The number of benzene rings is 1. The molecule has 0 saturated heterocycles. The molecule has 0 unspecified atom stereocenters. The molecular weight excluding hydrogens is 156 g/mol. The Balaban J connectivity index is 2.86. The van der Waals surface area contributed by atoms with Crippen molar-refractivity contribution in [2.75, 3.05) is 0 Å². The smallest absolute Gasteiger partial charge is 0.0141 e. The average molecular weight is 176 g/mol. The third-order valence-corrected chi connectivity index (χ3v) is 2.75. The van der Waals surface area contributed by atoms with Crippen LogP contribution in [0.15, 0.2) is 24.3 Å². The lowest BCUT2D eigenvalue weighted by Crippen LogP contribution is -2.05. The van der Waals surface area contributed by atoms with E-state index in [0.29, 0.717) is 0 Å². The predicted octanol–water partition coefficient (Wildman–Crippen LogP) is 4.14. The van der Waals surface area contributed by atoms with Crippen LogP contribution < -0.4 is 0 Å². The molecule has 0 bridgehead atoms. The summed E-state index contributed by atoms with van der Waals surface area (Å²) in [6.45, 7) is 9.01. The van der Waals surface area contributed by atoms with Crippen LogP contribution in [0.3, 0.4) is 0 Å². The fourth-order valence-corrected chi connectivity index (χ4v) is 1.91. The van der Waals surface area contributed by atoms with Crippen LogP contribution in [0, 0.1) is 12.8 Å². The summed E-state index contributed by atoms with van der Waals surface area (Å²) in [7, 11) is 0. The van der Waals surface area contributed by atoms with Gasteiger partial charge in [-0.3, -0.25) is 0 Å². The second-order valence-corrected chi connectivity index (χ2v) is 4.17. The van der Waals surface area contributed by atoms with E-state index in [2.05, 4.69) is 52.0 Å². The molecule has 0 aromatic heterocycles. The van der Waals surface area contributed by atoms with Crippen molar-refractivity contribution in [2.45, 2.75) is 40.0 Å². The highest BCUT2D eigenvalue weighted by atomic mass is 14.2. The van der Waals surface area contributed by atoms with Crippen molar-refractivity contribution < 1.29 is 0 Å². The second kappa shape index (κ2) is 4.45. The topological polar surface area (TPSA) is 0 Å². The summed E-state index contributed by atoms with van der Waals surface area (Å²) in [5, 5.41) is 0. The molecule has 1 aromatic rings. The Morgan fingerprint density at radius 1 is 1.08 bits per heavy atom. The van der Waals surface area contributed by atoms with Crippen molar-refractivity contribution in [3.63, 3.8) is 0 Å². The van der Waals surface area contributed by atoms with Crippen molar-refractivity contribution in [3.8, 4) is 0 Å². The maximum atomic E-state index is 2.30. The van der Waals surface area contributed by atoms with Gasteiger partial charge in [-0.1, -0.05) is 50.6 Å². The molecule has 0 aliphatic heterocycles. The highest BCUT2D eigenvalue weighted by Gasteiger charge is 2.12. The van der Waals surface area contributed by atoms with E-state index >= 15 is 0 Å². The van der Waals surface area contributed by atoms with E-state index in [1.807, 2.05) is 0 Å². The van der Waals surface area contributed by atoms with Gasteiger partial charge in [-0.15, -0.1) is 0 Å². The molecule has 0 N–H and O–H groups in total. The van der Waals surface area contributed by atoms with Crippen LogP contribution >= 0.6 is 0 Å². The molecule has 0 heterocycles. The summed E-state index contributed by atoms with van der Waals surface area (Å²) in [6, 6.07) is 8.95. The molecule has 0 aliphatic rings. The van der Waals surface area contributed by atoms with Crippen molar-refractivity contribution in [1.82, 2.24) is 0 Å². The van der Waals surface area contributed by atoms with Gasteiger partial charge in [0.2, 0.25) is 0 Å². The van der Waals surface area contributed by atoms with Crippen molar-refractivity contribution in [1.29, 1.82) is 0 Å². The van der Waals surface area contributed by atoms with E-state index < -0.39 is 0 Å². The van der Waals surface area contributed by atoms with Crippen LogP contribution in [0.25, 0.3) is 0 Å². The maximum Gasteiger partial charge on any atom is -0.0141 e. The van der Waals surface area contributed by atoms with E-state index in [9.17, 15) is 0 Å². The molecule has 1 rings (SSSR count). The SMILES string of the molecule is CC[C@@H](c1ccc(C)cc1)C(C)C. The Morgan fingerprint density at radius 2 is 1.62 bits per heavy atom. The summed E-state index contributed by atoms with van der Waals surface area (Å²) in [5.41, 5.74) is 2.84. The molecule has 1 aromatic carbocycles. The maximum absolute atomic E-state index is 2.30. The Labute approximate surface area is 82.0 Å². The van der Waals surface area contributed by atoms with Gasteiger partial charge in [-0.2, -0.15) is 0 Å². The Hall–Kier alpha value is -0.780. The molecule has 0 saturated carbocycles. The van der Waals surface area contributed by atoms with Gasteiger partial charge in [0, 0.05) is 0 Å². The molecule has 0 fully saturated rings. The lowest BCUT2D eigenvalue weighted by atomic mass is 9.86. The number of hydrogen-bond acceptors (Lipinski definition) is 0. The quantitative estimate of drug-likeness (QED) is 0.649. The average Bonchev–Trinajstić information content (AvgIpc) is 2.09. The van der Waals surface area contributed by atoms with Crippen LogP contribution in [0.5, 0.6) is 0 Å². The molecule has 1 atom stereocenters. The highest BCUT2D eigenvalue weighted by Crippen LogP contribution is 2.27. The zero-order valence-corrected chi connectivity index (χ0v) is 9.17. The molecule has 0 spiro atoms. The van der Waals surface area contributed by atoms with Gasteiger partial charge in [-0.05, 0) is 30.7 Å². The van der Waals surface area contributed by atoms with Crippen LogP contribution in [0.1, 0.15) is 44.2 Å². The first-order chi connectivity index (χ1) is 6.15. The third-order valence-electron chi connectivity index (χ3n) is 2.75. The zero-order chi connectivity index (χ0) is 9.84. The van der Waals surface area contributed by atoms with Gasteiger partial charge in [0.25, 0.3) is 0 Å². The first-order valence-corrected chi connectivity index (χ1v) is 5.21. The molecule has 0 nitrogen and oxygen atoms in total. The summed E-state index contributed by atoms with van der Waals surface area (Å²) < 4.78 is 0. The predicted molar refractivity (Wildman–Crippen MR) is 59.0 cm³/mol. The van der Waals surface area contributed by atoms with E-state index in [-0.39, 0.29) is 0 Å². The monoisotopic (exact) mass is 176 g/mol. The zero-order valence-electron chi connectivity index (χ0n) is 9.17. The number of aryl methyl sites for hydroxylation is 1.